The van der Waals surface area contributed by atoms with Crippen LogP contribution in [-0.4, -0.2) is 23.1 Å². The van der Waals surface area contributed by atoms with E-state index in [4.69, 9.17) is 16.0 Å². The van der Waals surface area contributed by atoms with E-state index in [2.05, 4.69) is 4.85 Å². The van der Waals surface area contributed by atoms with Crippen molar-refractivity contribution in [1.82, 2.24) is 4.57 Å². The first-order chi connectivity index (χ1) is 13.0. The predicted molar refractivity (Wildman–Crippen MR) is 97.0 cm³/mol. The Morgan fingerprint density at radius 1 is 1.32 bits per heavy atom. The number of nitrogens with zero attached hydrogens (tertiary/aromatic N) is 2. The molecule has 5 nitrogen and oxygen atoms in total. The zero-order chi connectivity index (χ0) is 20.7. The summed E-state index contributed by atoms with van der Waals surface area (Å²) in [6.45, 7) is 12.5. The lowest BCUT2D eigenvalue weighted by molar-refractivity contribution is -0.139. The summed E-state index contributed by atoms with van der Waals surface area (Å²) in [5.74, 6) is -0.841. The van der Waals surface area contributed by atoms with E-state index in [1.54, 1.807) is 45.0 Å². The summed E-state index contributed by atoms with van der Waals surface area (Å²) >= 11 is 0. The molecule has 1 fully saturated rings. The normalized spacial score (nSPS) is 18.8. The fourth-order valence-corrected chi connectivity index (χ4v) is 3.24. The monoisotopic (exact) mass is 392 g/mol. The summed E-state index contributed by atoms with van der Waals surface area (Å²) < 4.78 is 52.8. The van der Waals surface area contributed by atoms with Gasteiger partial charge in [0, 0.05) is 5.69 Å². The van der Waals surface area contributed by atoms with Gasteiger partial charge >= 0.3 is 6.18 Å². The van der Waals surface area contributed by atoms with Gasteiger partial charge in [-0.2, -0.15) is 13.2 Å². The van der Waals surface area contributed by atoms with Crippen molar-refractivity contribution in [3.8, 4) is 11.3 Å². The quantitative estimate of drug-likeness (QED) is 0.720. The number of alkyl halides is 3. The van der Waals surface area contributed by atoms with E-state index in [0.29, 0.717) is 5.56 Å². The molecule has 0 saturated carbocycles. The van der Waals surface area contributed by atoms with E-state index in [-0.39, 0.29) is 18.8 Å². The van der Waals surface area contributed by atoms with Crippen molar-refractivity contribution in [3.05, 3.63) is 63.2 Å². The van der Waals surface area contributed by atoms with Crippen LogP contribution in [0.25, 0.3) is 16.1 Å². The number of aromatic nitrogens is 1. The van der Waals surface area contributed by atoms with Crippen LogP contribution in [-0.2, 0) is 22.2 Å². The number of benzene rings is 1. The van der Waals surface area contributed by atoms with Crippen LogP contribution in [0.1, 0.15) is 25.0 Å². The molecule has 2 aromatic rings. The number of rotatable bonds is 3. The zero-order valence-corrected chi connectivity index (χ0v) is 15.6. The van der Waals surface area contributed by atoms with Gasteiger partial charge in [-0.05, 0) is 38.5 Å². The Balaban J connectivity index is 2.21. The maximum Gasteiger partial charge on any atom is 0.407 e. The average molecular weight is 392 g/mol. The van der Waals surface area contributed by atoms with Gasteiger partial charge in [0.05, 0.1) is 25.3 Å². The predicted octanol–water partition coefficient (Wildman–Crippen LogP) is 4.54. The molecule has 0 bridgehead atoms. The van der Waals surface area contributed by atoms with Crippen molar-refractivity contribution in [2.75, 3.05) is 6.61 Å². The van der Waals surface area contributed by atoms with Gasteiger partial charge in [0.2, 0.25) is 0 Å². The van der Waals surface area contributed by atoms with E-state index >= 15 is 0 Å². The van der Waals surface area contributed by atoms with E-state index < -0.39 is 34.9 Å². The Labute approximate surface area is 160 Å². The Morgan fingerprint density at radius 3 is 2.57 bits per heavy atom. The number of hydrogen-bond donors (Lipinski definition) is 0. The molecule has 1 aliphatic rings. The fourth-order valence-electron chi connectivity index (χ4n) is 3.24. The standard InChI is InChI=1S/C20H19F3N2O3/c1-12-6-5-7-13(8-12)16-9-15(20(21,22)23)17(24-4)18(26)25(16)10-14-11-27-19(2,3)28-14/h5-9,14H,10-11H2,1-3H3. The second-order valence-corrected chi connectivity index (χ2v) is 7.14. The maximum atomic E-state index is 13.5. The Hall–Kier alpha value is -2.63. The van der Waals surface area contributed by atoms with Crippen LogP contribution in [0.2, 0.25) is 0 Å². The van der Waals surface area contributed by atoms with E-state index in [9.17, 15) is 18.0 Å². The van der Waals surface area contributed by atoms with Crippen molar-refractivity contribution in [3.63, 3.8) is 0 Å². The summed E-state index contributed by atoms with van der Waals surface area (Å²) in [6, 6.07) is 7.70. The molecule has 0 spiro atoms. The first-order valence-electron chi connectivity index (χ1n) is 8.63. The van der Waals surface area contributed by atoms with Crippen LogP contribution in [0.5, 0.6) is 0 Å². The highest BCUT2D eigenvalue weighted by Gasteiger charge is 2.38. The molecule has 1 aliphatic heterocycles. The molecular formula is C20H19F3N2O3. The maximum absolute atomic E-state index is 13.5. The lowest BCUT2D eigenvalue weighted by Crippen LogP contribution is -2.31. The molecule has 1 unspecified atom stereocenters. The van der Waals surface area contributed by atoms with Crippen molar-refractivity contribution < 1.29 is 22.6 Å². The number of hydrogen-bond acceptors (Lipinski definition) is 3. The van der Waals surface area contributed by atoms with Gasteiger partial charge in [0.1, 0.15) is 6.10 Å². The van der Waals surface area contributed by atoms with Crippen molar-refractivity contribution in [2.45, 2.75) is 45.4 Å². The minimum Gasteiger partial charge on any atom is -0.348 e. The molecule has 1 saturated heterocycles. The van der Waals surface area contributed by atoms with Crippen LogP contribution >= 0.6 is 0 Å². The molecule has 28 heavy (non-hydrogen) atoms. The molecule has 1 aromatic heterocycles. The van der Waals surface area contributed by atoms with Crippen LogP contribution in [0.15, 0.2) is 35.1 Å². The third-order valence-corrected chi connectivity index (χ3v) is 4.46. The number of pyridine rings is 1. The number of ether oxygens (including phenoxy) is 2. The highest BCUT2D eigenvalue weighted by Crippen LogP contribution is 2.37. The van der Waals surface area contributed by atoms with Crippen LogP contribution in [0.4, 0.5) is 18.9 Å². The minimum atomic E-state index is -4.81. The highest BCUT2D eigenvalue weighted by molar-refractivity contribution is 5.66. The van der Waals surface area contributed by atoms with Crippen molar-refractivity contribution in [2.24, 2.45) is 0 Å². The Bertz CT molecular complexity index is 1000. The third kappa shape index (κ3) is 3.96. The van der Waals surface area contributed by atoms with Gasteiger partial charge in [0.25, 0.3) is 11.2 Å². The smallest absolute Gasteiger partial charge is 0.348 e. The third-order valence-electron chi connectivity index (χ3n) is 4.46. The number of halogens is 3. The first-order valence-corrected chi connectivity index (χ1v) is 8.63. The van der Waals surface area contributed by atoms with Gasteiger partial charge in [-0.1, -0.05) is 23.8 Å². The summed E-state index contributed by atoms with van der Waals surface area (Å²) in [5, 5.41) is 0. The van der Waals surface area contributed by atoms with Gasteiger partial charge in [-0.3, -0.25) is 4.79 Å². The summed E-state index contributed by atoms with van der Waals surface area (Å²) in [6.07, 6.45) is -5.34. The minimum absolute atomic E-state index is 0.0216. The van der Waals surface area contributed by atoms with E-state index in [1.807, 2.05) is 0 Å². The molecule has 148 valence electrons. The zero-order valence-electron chi connectivity index (χ0n) is 15.6. The molecule has 0 amide bonds. The van der Waals surface area contributed by atoms with E-state index in [0.717, 1.165) is 11.6 Å². The molecule has 1 atom stereocenters. The van der Waals surface area contributed by atoms with Gasteiger partial charge < -0.3 is 14.0 Å². The van der Waals surface area contributed by atoms with Crippen molar-refractivity contribution in [1.29, 1.82) is 0 Å². The average Bonchev–Trinajstić information content (AvgIpc) is 2.94. The molecular weight excluding hydrogens is 373 g/mol. The topological polar surface area (TPSA) is 44.8 Å². The second kappa shape index (κ2) is 7.08. The highest BCUT2D eigenvalue weighted by atomic mass is 19.4. The molecule has 1 aromatic carbocycles. The number of aryl methyl sites for hydroxylation is 1. The molecule has 8 heteroatoms. The molecule has 3 rings (SSSR count). The molecule has 0 N–H and O–H groups in total. The summed E-state index contributed by atoms with van der Waals surface area (Å²) in [4.78, 5) is 15.7. The van der Waals surface area contributed by atoms with Crippen LogP contribution in [0.3, 0.4) is 0 Å². The summed E-state index contributed by atoms with van der Waals surface area (Å²) in [7, 11) is 0. The van der Waals surface area contributed by atoms with Crippen molar-refractivity contribution >= 4 is 5.69 Å². The van der Waals surface area contributed by atoms with Crippen LogP contribution < -0.4 is 5.56 Å². The lowest BCUT2D eigenvalue weighted by atomic mass is 10.0. The van der Waals surface area contributed by atoms with Gasteiger partial charge in [-0.25, -0.2) is 4.85 Å². The molecule has 0 radical (unpaired) electrons. The molecule has 2 heterocycles. The summed E-state index contributed by atoms with van der Waals surface area (Å²) in [5.41, 5.74) is -1.79. The Kier molecular flexibility index (Phi) is 5.08. The van der Waals surface area contributed by atoms with Gasteiger partial charge in [0.15, 0.2) is 5.79 Å². The molecule has 0 aliphatic carbocycles. The fraction of sp³-hybridized carbons (Fsp3) is 0.400. The van der Waals surface area contributed by atoms with Crippen LogP contribution in [0, 0.1) is 13.5 Å². The van der Waals surface area contributed by atoms with E-state index in [1.165, 1.54) is 4.57 Å². The second-order valence-electron chi connectivity index (χ2n) is 7.14. The SMILES string of the molecule is [C-]#[N+]c1c(C(F)(F)F)cc(-c2cccc(C)c2)n(CC2COC(C)(C)O2)c1=O. The van der Waals surface area contributed by atoms with Gasteiger partial charge in [-0.15, -0.1) is 0 Å². The lowest BCUT2D eigenvalue weighted by Gasteiger charge is -2.21. The largest absolute Gasteiger partial charge is 0.407 e. The Morgan fingerprint density at radius 2 is 2.04 bits per heavy atom. The first kappa shape index (κ1) is 20.1.